The Balaban J connectivity index is 2.94. The highest BCUT2D eigenvalue weighted by Crippen LogP contribution is 2.18. The second-order valence-corrected chi connectivity index (χ2v) is 4.58. The van der Waals surface area contributed by atoms with Gasteiger partial charge in [0.2, 0.25) is 5.91 Å². The van der Waals surface area contributed by atoms with E-state index in [1.165, 1.54) is 0 Å². The second kappa shape index (κ2) is 6.89. The number of amides is 2. The first-order valence-corrected chi connectivity index (χ1v) is 6.27. The number of nitrogens with one attached hydrogen (secondary N) is 3. The number of carbonyl (C=O) groups is 2. The van der Waals surface area contributed by atoms with Gasteiger partial charge in [-0.2, -0.15) is 0 Å². The molecule has 104 valence electrons. The fraction of sp³-hybridized carbons (Fsp3) is 0.429. The van der Waals surface area contributed by atoms with E-state index in [0.29, 0.717) is 17.8 Å². The average molecular weight is 263 g/mol. The van der Waals surface area contributed by atoms with Crippen molar-refractivity contribution in [2.24, 2.45) is 5.92 Å². The maximum atomic E-state index is 12.0. The molecule has 1 aromatic rings. The zero-order valence-electron chi connectivity index (χ0n) is 11.8. The van der Waals surface area contributed by atoms with Gasteiger partial charge >= 0.3 is 0 Å². The van der Waals surface area contributed by atoms with Crippen LogP contribution in [0, 0.1) is 12.8 Å². The highest BCUT2D eigenvalue weighted by Gasteiger charge is 2.16. The van der Waals surface area contributed by atoms with E-state index >= 15 is 0 Å². The van der Waals surface area contributed by atoms with Crippen molar-refractivity contribution >= 4 is 17.5 Å². The van der Waals surface area contributed by atoms with Crippen molar-refractivity contribution in [1.82, 2.24) is 10.6 Å². The minimum atomic E-state index is -0.208. The number of anilines is 1. The van der Waals surface area contributed by atoms with Gasteiger partial charge in [-0.05, 0) is 26.1 Å². The Hall–Kier alpha value is -1.88. The van der Waals surface area contributed by atoms with Gasteiger partial charge in [0.1, 0.15) is 0 Å². The highest BCUT2D eigenvalue weighted by molar-refractivity contribution is 6.04. The largest absolute Gasteiger partial charge is 0.355 e. The Morgan fingerprint density at radius 3 is 2.53 bits per heavy atom. The van der Waals surface area contributed by atoms with Gasteiger partial charge in [0, 0.05) is 19.5 Å². The normalized spacial score (nSPS) is 11.8. The van der Waals surface area contributed by atoms with Crippen LogP contribution in [0.2, 0.25) is 0 Å². The van der Waals surface area contributed by atoms with Crippen molar-refractivity contribution in [3.63, 3.8) is 0 Å². The van der Waals surface area contributed by atoms with E-state index in [1.54, 1.807) is 26.2 Å². The van der Waals surface area contributed by atoms with Gasteiger partial charge in [0.15, 0.2) is 0 Å². The minimum absolute atomic E-state index is 0.108. The number of benzene rings is 1. The van der Waals surface area contributed by atoms with E-state index in [1.807, 2.05) is 19.9 Å². The zero-order chi connectivity index (χ0) is 14.4. The molecule has 1 atom stereocenters. The van der Waals surface area contributed by atoms with Crippen LogP contribution in [0.25, 0.3) is 0 Å². The maximum Gasteiger partial charge on any atom is 0.253 e. The summed E-state index contributed by atoms with van der Waals surface area (Å²) in [6.07, 6.45) is 0. The zero-order valence-corrected chi connectivity index (χ0v) is 11.8. The van der Waals surface area contributed by atoms with Crippen molar-refractivity contribution in [3.8, 4) is 0 Å². The summed E-state index contributed by atoms with van der Waals surface area (Å²) in [6, 6.07) is 5.38. The predicted molar refractivity (Wildman–Crippen MR) is 76.3 cm³/mol. The van der Waals surface area contributed by atoms with Crippen molar-refractivity contribution in [3.05, 3.63) is 29.3 Å². The molecule has 1 aromatic carbocycles. The maximum absolute atomic E-state index is 12.0. The van der Waals surface area contributed by atoms with Crippen molar-refractivity contribution in [1.29, 1.82) is 0 Å². The summed E-state index contributed by atoms with van der Waals surface area (Å²) in [4.78, 5) is 23.8. The SMILES string of the molecule is CNCC(C)C(=O)Nc1ccc(C)cc1C(=O)NC. The molecule has 0 aliphatic heterocycles. The predicted octanol–water partition coefficient (Wildman–Crippen LogP) is 1.15. The van der Waals surface area contributed by atoms with E-state index in [9.17, 15) is 9.59 Å². The van der Waals surface area contributed by atoms with Gasteiger partial charge in [-0.15, -0.1) is 0 Å². The molecule has 0 bridgehead atoms. The monoisotopic (exact) mass is 263 g/mol. The third kappa shape index (κ3) is 4.06. The van der Waals surface area contributed by atoms with Crippen LogP contribution in [0.3, 0.4) is 0 Å². The molecule has 0 aliphatic carbocycles. The first-order valence-electron chi connectivity index (χ1n) is 6.27. The molecule has 5 nitrogen and oxygen atoms in total. The van der Waals surface area contributed by atoms with Gasteiger partial charge < -0.3 is 16.0 Å². The summed E-state index contributed by atoms with van der Waals surface area (Å²) in [7, 11) is 3.37. The molecule has 0 spiro atoms. The number of hydrogen-bond acceptors (Lipinski definition) is 3. The van der Waals surface area contributed by atoms with Crippen molar-refractivity contribution < 1.29 is 9.59 Å². The lowest BCUT2D eigenvalue weighted by Crippen LogP contribution is -2.29. The molecule has 0 aliphatic rings. The fourth-order valence-corrected chi connectivity index (χ4v) is 1.74. The second-order valence-electron chi connectivity index (χ2n) is 4.58. The van der Waals surface area contributed by atoms with Crippen LogP contribution >= 0.6 is 0 Å². The molecule has 5 heteroatoms. The number of aryl methyl sites for hydroxylation is 1. The molecule has 0 fully saturated rings. The van der Waals surface area contributed by atoms with Crippen LogP contribution in [0.4, 0.5) is 5.69 Å². The molecule has 0 radical (unpaired) electrons. The van der Waals surface area contributed by atoms with Crippen LogP contribution in [-0.2, 0) is 4.79 Å². The van der Waals surface area contributed by atoms with E-state index < -0.39 is 0 Å². The molecule has 1 unspecified atom stereocenters. The lowest BCUT2D eigenvalue weighted by molar-refractivity contribution is -0.119. The molecule has 0 heterocycles. The number of carbonyl (C=O) groups excluding carboxylic acids is 2. The standard InChI is InChI=1S/C14H21N3O2/c1-9-5-6-12(11(7-9)14(19)16-4)17-13(18)10(2)8-15-3/h5-7,10,15H,8H2,1-4H3,(H,16,19)(H,17,18). The Morgan fingerprint density at radius 1 is 1.26 bits per heavy atom. The third-order valence-corrected chi connectivity index (χ3v) is 2.86. The van der Waals surface area contributed by atoms with E-state index in [4.69, 9.17) is 0 Å². The molecule has 0 aromatic heterocycles. The Bertz CT molecular complexity index is 472. The summed E-state index contributed by atoms with van der Waals surface area (Å²) in [5.41, 5.74) is 1.99. The van der Waals surface area contributed by atoms with E-state index in [-0.39, 0.29) is 17.7 Å². The van der Waals surface area contributed by atoms with Gasteiger partial charge in [0.05, 0.1) is 11.3 Å². The Kier molecular flexibility index (Phi) is 5.51. The fourth-order valence-electron chi connectivity index (χ4n) is 1.74. The summed E-state index contributed by atoms with van der Waals surface area (Å²) >= 11 is 0. The molecular formula is C14H21N3O2. The molecular weight excluding hydrogens is 242 g/mol. The van der Waals surface area contributed by atoms with Crippen LogP contribution in [0.5, 0.6) is 0 Å². The van der Waals surface area contributed by atoms with Crippen molar-refractivity contribution in [2.45, 2.75) is 13.8 Å². The van der Waals surface area contributed by atoms with Crippen LogP contribution in [0.1, 0.15) is 22.8 Å². The Labute approximate surface area is 113 Å². The van der Waals surface area contributed by atoms with Crippen LogP contribution in [0.15, 0.2) is 18.2 Å². The Morgan fingerprint density at radius 2 is 1.95 bits per heavy atom. The van der Waals surface area contributed by atoms with E-state index in [2.05, 4.69) is 16.0 Å². The molecule has 19 heavy (non-hydrogen) atoms. The van der Waals surface area contributed by atoms with Gasteiger partial charge in [-0.3, -0.25) is 9.59 Å². The smallest absolute Gasteiger partial charge is 0.253 e. The minimum Gasteiger partial charge on any atom is -0.355 e. The lowest BCUT2D eigenvalue weighted by atomic mass is 10.1. The van der Waals surface area contributed by atoms with Gasteiger partial charge in [-0.25, -0.2) is 0 Å². The molecule has 0 saturated carbocycles. The average Bonchev–Trinajstić information content (AvgIpc) is 2.40. The van der Waals surface area contributed by atoms with Gasteiger partial charge in [-0.1, -0.05) is 18.6 Å². The lowest BCUT2D eigenvalue weighted by Gasteiger charge is -2.14. The van der Waals surface area contributed by atoms with E-state index in [0.717, 1.165) is 5.56 Å². The molecule has 2 amide bonds. The molecule has 3 N–H and O–H groups in total. The highest BCUT2D eigenvalue weighted by atomic mass is 16.2. The first-order chi connectivity index (χ1) is 8.99. The summed E-state index contributed by atoms with van der Waals surface area (Å²) < 4.78 is 0. The van der Waals surface area contributed by atoms with Crippen LogP contribution in [-0.4, -0.2) is 32.5 Å². The van der Waals surface area contributed by atoms with Gasteiger partial charge in [0.25, 0.3) is 5.91 Å². The third-order valence-electron chi connectivity index (χ3n) is 2.86. The quantitative estimate of drug-likeness (QED) is 0.746. The molecule has 0 saturated heterocycles. The number of hydrogen-bond donors (Lipinski definition) is 3. The number of rotatable bonds is 5. The van der Waals surface area contributed by atoms with Crippen molar-refractivity contribution in [2.75, 3.05) is 26.0 Å². The first kappa shape index (κ1) is 15.2. The topological polar surface area (TPSA) is 70.2 Å². The summed E-state index contributed by atoms with van der Waals surface area (Å²) in [6.45, 7) is 4.33. The molecule has 1 rings (SSSR count). The summed E-state index contributed by atoms with van der Waals surface area (Å²) in [5.74, 6) is -0.479. The van der Waals surface area contributed by atoms with Crippen LogP contribution < -0.4 is 16.0 Å². The summed E-state index contributed by atoms with van der Waals surface area (Å²) in [5, 5.41) is 8.32.